The van der Waals surface area contributed by atoms with Gasteiger partial charge in [0.25, 0.3) is 0 Å². The highest BCUT2D eigenvalue weighted by molar-refractivity contribution is 7.98. The highest BCUT2D eigenvalue weighted by Crippen LogP contribution is 2.37. The van der Waals surface area contributed by atoms with Crippen molar-refractivity contribution in [3.8, 4) is 0 Å². The number of fused-ring (bicyclic) bond motifs is 1. The summed E-state index contributed by atoms with van der Waals surface area (Å²) in [6.45, 7) is 5.44. The Kier molecular flexibility index (Phi) is 6.55. The third-order valence-electron chi connectivity index (χ3n) is 5.09. The number of aromatic nitrogens is 2. The van der Waals surface area contributed by atoms with Crippen LogP contribution in [0, 0.1) is 6.92 Å². The molecule has 6 nitrogen and oxygen atoms in total. The Hall–Kier alpha value is -2.16. The fourth-order valence-corrected chi connectivity index (χ4v) is 5.52. The summed E-state index contributed by atoms with van der Waals surface area (Å²) in [5, 5.41) is 11.1. The van der Waals surface area contributed by atoms with Crippen LogP contribution in [0.5, 0.6) is 0 Å². The molecule has 0 saturated carbocycles. The van der Waals surface area contributed by atoms with Gasteiger partial charge in [0.15, 0.2) is 0 Å². The summed E-state index contributed by atoms with van der Waals surface area (Å²) >= 11 is 3.05. The molecule has 158 valence electrons. The molecule has 0 radical (unpaired) electrons. The van der Waals surface area contributed by atoms with Crippen LogP contribution in [0.4, 0.5) is 5.82 Å². The number of carbonyl (C=O) groups excluding carboxylic acids is 1. The van der Waals surface area contributed by atoms with Crippen LogP contribution in [0.2, 0.25) is 0 Å². The number of aliphatic hydroxyl groups is 1. The molecule has 3 aromatic rings. The lowest BCUT2D eigenvalue weighted by molar-refractivity contribution is 0.0531. The van der Waals surface area contributed by atoms with E-state index in [9.17, 15) is 9.90 Å². The Morgan fingerprint density at radius 3 is 2.87 bits per heavy atom. The first-order chi connectivity index (χ1) is 14.6. The van der Waals surface area contributed by atoms with Crippen LogP contribution in [-0.4, -0.2) is 46.8 Å². The van der Waals surface area contributed by atoms with Gasteiger partial charge in [0.2, 0.25) is 0 Å². The first-order valence-electron chi connectivity index (χ1n) is 10.1. The van der Waals surface area contributed by atoms with Crippen molar-refractivity contribution in [1.29, 1.82) is 0 Å². The molecule has 30 heavy (non-hydrogen) atoms. The van der Waals surface area contributed by atoms with Crippen LogP contribution in [0.15, 0.2) is 35.2 Å². The maximum absolute atomic E-state index is 12.5. The van der Waals surface area contributed by atoms with Gasteiger partial charge in [-0.25, -0.2) is 14.8 Å². The second-order valence-electron chi connectivity index (χ2n) is 7.26. The molecule has 1 saturated heterocycles. The number of hydrogen-bond donors (Lipinski definition) is 1. The summed E-state index contributed by atoms with van der Waals surface area (Å²) < 4.78 is 5.24. The van der Waals surface area contributed by atoms with Crippen LogP contribution < -0.4 is 4.90 Å². The third-order valence-corrected chi connectivity index (χ3v) is 7.26. The number of piperidine rings is 1. The minimum absolute atomic E-state index is 0.317. The number of β-amino-alcohol motifs (C(OH)–C–C–N with tert-alkyl or cyclic N) is 1. The van der Waals surface area contributed by atoms with Gasteiger partial charge in [0.05, 0.1) is 23.8 Å². The van der Waals surface area contributed by atoms with E-state index in [1.165, 1.54) is 11.3 Å². The summed E-state index contributed by atoms with van der Waals surface area (Å²) in [6, 6.07) is 10.2. The molecule has 3 heterocycles. The van der Waals surface area contributed by atoms with E-state index in [1.807, 2.05) is 25.1 Å². The van der Waals surface area contributed by atoms with Crippen molar-refractivity contribution >= 4 is 45.1 Å². The van der Waals surface area contributed by atoms with Gasteiger partial charge in [0, 0.05) is 18.0 Å². The molecule has 1 unspecified atom stereocenters. The molecule has 8 heteroatoms. The van der Waals surface area contributed by atoms with Gasteiger partial charge in [-0.3, -0.25) is 0 Å². The number of ether oxygens (including phenoxy) is 1. The van der Waals surface area contributed by atoms with E-state index in [-0.39, 0.29) is 12.1 Å². The highest BCUT2D eigenvalue weighted by atomic mass is 32.2. The summed E-state index contributed by atoms with van der Waals surface area (Å²) in [5.74, 6) is 1.85. The molecule has 4 rings (SSSR count). The maximum Gasteiger partial charge on any atom is 0.348 e. The van der Waals surface area contributed by atoms with Crippen molar-refractivity contribution in [2.24, 2.45) is 0 Å². The molecular weight excluding hydrogens is 418 g/mol. The molecular formula is C22H25N3O3S2. The molecule has 0 aliphatic carbocycles. The highest BCUT2D eigenvalue weighted by Gasteiger charge is 2.26. The van der Waals surface area contributed by atoms with Crippen molar-refractivity contribution in [3.05, 3.63) is 46.6 Å². The fourth-order valence-electron chi connectivity index (χ4n) is 3.66. The molecule has 1 atom stereocenters. The van der Waals surface area contributed by atoms with E-state index in [0.717, 1.165) is 51.7 Å². The van der Waals surface area contributed by atoms with E-state index in [4.69, 9.17) is 14.7 Å². The summed E-state index contributed by atoms with van der Waals surface area (Å²) in [6.07, 6.45) is 1.35. The molecule has 1 aliphatic heterocycles. The van der Waals surface area contributed by atoms with Crippen LogP contribution in [-0.2, 0) is 10.5 Å². The van der Waals surface area contributed by atoms with Crippen LogP contribution in [0.1, 0.15) is 40.8 Å². The SMILES string of the molecule is CCOC(=O)c1sc2nc(CSc3ccccc3)nc(N3CCCC(O)C3)c2c1C. The zero-order valence-corrected chi connectivity index (χ0v) is 18.8. The summed E-state index contributed by atoms with van der Waals surface area (Å²) in [4.78, 5) is 26.8. The topological polar surface area (TPSA) is 75.5 Å². The number of thiophene rings is 1. The number of aryl methyl sites for hydroxylation is 1. The standard InChI is InChI=1S/C22H25N3O3S2/c1-3-28-22(27)19-14(2)18-20(25-11-7-8-15(26)12-25)23-17(24-21(18)30-19)13-29-16-9-5-4-6-10-16/h4-6,9-10,15,26H,3,7-8,11-13H2,1-2H3. The molecule has 1 fully saturated rings. The quantitative estimate of drug-likeness (QED) is 0.446. The zero-order valence-electron chi connectivity index (χ0n) is 17.1. The van der Waals surface area contributed by atoms with E-state index in [0.29, 0.717) is 23.8 Å². The second-order valence-corrected chi connectivity index (χ2v) is 9.31. The lowest BCUT2D eigenvalue weighted by Gasteiger charge is -2.31. The van der Waals surface area contributed by atoms with E-state index >= 15 is 0 Å². The normalized spacial score (nSPS) is 16.8. The number of aliphatic hydroxyl groups excluding tert-OH is 1. The molecule has 1 aromatic carbocycles. The average Bonchev–Trinajstić information content (AvgIpc) is 3.09. The first kappa shape index (κ1) is 21.1. The predicted molar refractivity (Wildman–Crippen MR) is 122 cm³/mol. The lowest BCUT2D eigenvalue weighted by atomic mass is 10.1. The Labute approximate surface area is 184 Å². The van der Waals surface area contributed by atoms with E-state index < -0.39 is 0 Å². The van der Waals surface area contributed by atoms with Gasteiger partial charge in [-0.2, -0.15) is 0 Å². The lowest BCUT2D eigenvalue weighted by Crippen LogP contribution is -2.39. The van der Waals surface area contributed by atoms with Gasteiger partial charge in [-0.05, 0) is 44.4 Å². The summed E-state index contributed by atoms with van der Waals surface area (Å²) in [5.41, 5.74) is 0.853. The van der Waals surface area contributed by atoms with Crippen LogP contribution >= 0.6 is 23.1 Å². The molecule has 0 bridgehead atoms. The number of nitrogens with zero attached hydrogens (tertiary/aromatic N) is 3. The number of esters is 1. The van der Waals surface area contributed by atoms with Crippen molar-refractivity contribution in [3.63, 3.8) is 0 Å². The van der Waals surface area contributed by atoms with E-state index in [2.05, 4.69) is 17.0 Å². The molecule has 2 aromatic heterocycles. The van der Waals surface area contributed by atoms with Gasteiger partial charge in [-0.15, -0.1) is 23.1 Å². The average molecular weight is 444 g/mol. The van der Waals surface area contributed by atoms with Crippen molar-refractivity contribution in [2.75, 3.05) is 24.6 Å². The number of benzene rings is 1. The Morgan fingerprint density at radius 2 is 2.13 bits per heavy atom. The smallest absolute Gasteiger partial charge is 0.348 e. The number of hydrogen-bond acceptors (Lipinski definition) is 8. The van der Waals surface area contributed by atoms with Gasteiger partial charge >= 0.3 is 5.97 Å². The fraction of sp³-hybridized carbons (Fsp3) is 0.409. The number of thioether (sulfide) groups is 1. The van der Waals surface area contributed by atoms with Gasteiger partial charge < -0.3 is 14.7 Å². The second kappa shape index (κ2) is 9.32. The first-order valence-corrected chi connectivity index (χ1v) is 11.9. The van der Waals surface area contributed by atoms with Crippen molar-refractivity contribution < 1.29 is 14.6 Å². The zero-order chi connectivity index (χ0) is 21.1. The molecule has 1 aliphatic rings. The Balaban J connectivity index is 1.74. The minimum atomic E-state index is -0.366. The van der Waals surface area contributed by atoms with Gasteiger partial charge in [0.1, 0.15) is 21.3 Å². The monoisotopic (exact) mass is 443 g/mol. The Bertz CT molecular complexity index is 1040. The number of rotatable bonds is 6. The summed E-state index contributed by atoms with van der Waals surface area (Å²) in [7, 11) is 0. The molecule has 0 spiro atoms. The van der Waals surface area contributed by atoms with Crippen LogP contribution in [0.25, 0.3) is 10.2 Å². The number of anilines is 1. The van der Waals surface area contributed by atoms with Gasteiger partial charge in [-0.1, -0.05) is 18.2 Å². The Morgan fingerprint density at radius 1 is 1.33 bits per heavy atom. The predicted octanol–water partition coefficient (Wildman–Crippen LogP) is 4.43. The molecule has 0 amide bonds. The third kappa shape index (κ3) is 4.45. The van der Waals surface area contributed by atoms with E-state index in [1.54, 1.807) is 18.7 Å². The number of carbonyl (C=O) groups is 1. The minimum Gasteiger partial charge on any atom is -0.462 e. The molecule has 1 N–H and O–H groups in total. The van der Waals surface area contributed by atoms with Crippen molar-refractivity contribution in [2.45, 2.75) is 43.4 Å². The maximum atomic E-state index is 12.5. The van der Waals surface area contributed by atoms with Crippen molar-refractivity contribution in [1.82, 2.24) is 9.97 Å². The largest absolute Gasteiger partial charge is 0.462 e. The van der Waals surface area contributed by atoms with Crippen LogP contribution in [0.3, 0.4) is 0 Å².